The minimum absolute atomic E-state index is 0.838. The van der Waals surface area contributed by atoms with Crippen LogP contribution in [0.4, 0.5) is 5.82 Å². The van der Waals surface area contributed by atoms with Crippen LogP contribution in [0.25, 0.3) is 0 Å². The van der Waals surface area contributed by atoms with Crippen molar-refractivity contribution < 1.29 is 0 Å². The molecule has 1 aromatic carbocycles. The molecule has 0 amide bonds. The van der Waals surface area contributed by atoms with Crippen molar-refractivity contribution in [3.8, 4) is 0 Å². The largest absolute Gasteiger partial charge is 0.355 e. The lowest BCUT2D eigenvalue weighted by Crippen LogP contribution is -2.18. The maximum absolute atomic E-state index is 4.55. The Bertz CT molecular complexity index is 552. The molecule has 2 rings (SSSR count). The maximum atomic E-state index is 4.55. The van der Waals surface area contributed by atoms with E-state index in [0.29, 0.717) is 0 Å². The fourth-order valence-electron chi connectivity index (χ4n) is 1.85. The van der Waals surface area contributed by atoms with E-state index in [9.17, 15) is 0 Å². The number of hydrogen-bond acceptors (Lipinski definition) is 3. The summed E-state index contributed by atoms with van der Waals surface area (Å²) in [4.78, 5) is 11.0. The van der Waals surface area contributed by atoms with Crippen LogP contribution >= 0.6 is 15.9 Å². The highest BCUT2D eigenvalue weighted by Gasteiger charge is 2.07. The summed E-state index contributed by atoms with van der Waals surface area (Å²) in [5.41, 5.74) is 2.56. The summed E-state index contributed by atoms with van der Waals surface area (Å²) in [5, 5.41) is 0. The molecule has 0 fully saturated rings. The highest BCUT2D eigenvalue weighted by Crippen LogP contribution is 2.18. The van der Waals surface area contributed by atoms with Crippen LogP contribution in [-0.2, 0) is 13.0 Å². The third-order valence-electron chi connectivity index (χ3n) is 2.98. The Labute approximate surface area is 122 Å². The zero-order valence-corrected chi connectivity index (χ0v) is 13.1. The highest BCUT2D eigenvalue weighted by molar-refractivity contribution is 9.10. The van der Waals surface area contributed by atoms with Gasteiger partial charge in [0.25, 0.3) is 0 Å². The number of aromatic nitrogens is 2. The van der Waals surface area contributed by atoms with Crippen LogP contribution in [0.1, 0.15) is 23.9 Å². The second-order valence-electron chi connectivity index (χ2n) is 4.66. The summed E-state index contributed by atoms with van der Waals surface area (Å²) in [7, 11) is 2.05. The van der Waals surface area contributed by atoms with Crippen molar-refractivity contribution in [2.24, 2.45) is 0 Å². The average molecular weight is 320 g/mol. The lowest BCUT2D eigenvalue weighted by atomic mass is 10.1. The fraction of sp³-hybridized carbons (Fsp3) is 0.333. The van der Waals surface area contributed by atoms with Crippen molar-refractivity contribution >= 4 is 21.7 Å². The molecule has 2 aromatic rings. The molecule has 4 heteroatoms. The van der Waals surface area contributed by atoms with Gasteiger partial charge in [-0.25, -0.2) is 9.97 Å². The lowest BCUT2D eigenvalue weighted by molar-refractivity contribution is 0.853. The van der Waals surface area contributed by atoms with Gasteiger partial charge in [-0.1, -0.05) is 36.8 Å². The molecule has 0 spiro atoms. The summed E-state index contributed by atoms with van der Waals surface area (Å²) in [6.45, 7) is 5.00. The lowest BCUT2D eigenvalue weighted by Gasteiger charge is -2.19. The number of aryl methyl sites for hydroxylation is 2. The minimum atomic E-state index is 0.838. The van der Waals surface area contributed by atoms with Crippen LogP contribution in [0, 0.1) is 6.92 Å². The average Bonchev–Trinajstić information content (AvgIpc) is 2.40. The molecule has 0 N–H and O–H groups in total. The topological polar surface area (TPSA) is 29.0 Å². The monoisotopic (exact) mass is 319 g/mol. The van der Waals surface area contributed by atoms with Crippen LogP contribution in [0.5, 0.6) is 0 Å². The van der Waals surface area contributed by atoms with Crippen molar-refractivity contribution in [3.05, 3.63) is 51.9 Å². The molecule has 0 aliphatic heterocycles. The predicted octanol–water partition coefficient (Wildman–Crippen LogP) is 3.75. The number of rotatable bonds is 4. The van der Waals surface area contributed by atoms with E-state index in [1.807, 2.05) is 13.1 Å². The standard InChI is InChI=1S/C15H18BrN3/c1-4-14-17-13(16)9-15(18-14)19(3)10-12-7-5-11(2)6-8-12/h5-9H,4,10H2,1-3H3. The summed E-state index contributed by atoms with van der Waals surface area (Å²) < 4.78 is 0.838. The Kier molecular flexibility index (Phi) is 4.53. The molecule has 1 heterocycles. The van der Waals surface area contributed by atoms with Crippen LogP contribution in [0.15, 0.2) is 34.9 Å². The van der Waals surface area contributed by atoms with E-state index < -0.39 is 0 Å². The molecular weight excluding hydrogens is 302 g/mol. The van der Waals surface area contributed by atoms with Crippen LogP contribution in [0.3, 0.4) is 0 Å². The first-order valence-corrected chi connectivity index (χ1v) is 7.18. The van der Waals surface area contributed by atoms with Gasteiger partial charge in [0.1, 0.15) is 16.2 Å². The van der Waals surface area contributed by atoms with Crippen molar-refractivity contribution in [2.75, 3.05) is 11.9 Å². The SMILES string of the molecule is CCc1nc(Br)cc(N(C)Cc2ccc(C)cc2)n1. The van der Waals surface area contributed by atoms with E-state index in [1.54, 1.807) is 0 Å². The molecular formula is C15H18BrN3. The van der Waals surface area contributed by atoms with Gasteiger partial charge in [0.05, 0.1) is 0 Å². The van der Waals surface area contributed by atoms with E-state index in [2.05, 4.69) is 68.9 Å². The molecule has 0 aliphatic rings. The van der Waals surface area contributed by atoms with Gasteiger partial charge < -0.3 is 4.90 Å². The number of nitrogens with zero attached hydrogens (tertiary/aromatic N) is 3. The first kappa shape index (κ1) is 14.0. The Hall–Kier alpha value is -1.42. The molecule has 0 aliphatic carbocycles. The summed E-state index contributed by atoms with van der Waals surface area (Å²) in [6, 6.07) is 10.5. The van der Waals surface area contributed by atoms with E-state index in [-0.39, 0.29) is 0 Å². The van der Waals surface area contributed by atoms with Gasteiger partial charge in [0.15, 0.2) is 0 Å². The zero-order valence-electron chi connectivity index (χ0n) is 11.5. The third-order valence-corrected chi connectivity index (χ3v) is 3.38. The van der Waals surface area contributed by atoms with Gasteiger partial charge in [-0.15, -0.1) is 0 Å². The smallest absolute Gasteiger partial charge is 0.133 e. The molecule has 3 nitrogen and oxygen atoms in total. The Morgan fingerprint density at radius 3 is 2.47 bits per heavy atom. The van der Waals surface area contributed by atoms with Gasteiger partial charge in [-0.2, -0.15) is 0 Å². The molecule has 0 unspecified atom stereocenters. The molecule has 0 saturated carbocycles. The number of hydrogen-bond donors (Lipinski definition) is 0. The minimum Gasteiger partial charge on any atom is -0.355 e. The van der Waals surface area contributed by atoms with Crippen LogP contribution in [0.2, 0.25) is 0 Å². The van der Waals surface area contributed by atoms with E-state index >= 15 is 0 Å². The van der Waals surface area contributed by atoms with Gasteiger partial charge in [0.2, 0.25) is 0 Å². The first-order valence-electron chi connectivity index (χ1n) is 6.38. The fourth-order valence-corrected chi connectivity index (χ4v) is 2.26. The molecule has 0 atom stereocenters. The number of halogens is 1. The highest BCUT2D eigenvalue weighted by atomic mass is 79.9. The third kappa shape index (κ3) is 3.77. The number of benzene rings is 1. The molecule has 19 heavy (non-hydrogen) atoms. The van der Waals surface area contributed by atoms with Crippen molar-refractivity contribution in [1.29, 1.82) is 0 Å². The molecule has 0 saturated heterocycles. The van der Waals surface area contributed by atoms with Gasteiger partial charge in [-0.3, -0.25) is 0 Å². The molecule has 1 aromatic heterocycles. The van der Waals surface area contributed by atoms with Crippen molar-refractivity contribution in [2.45, 2.75) is 26.8 Å². The van der Waals surface area contributed by atoms with E-state index in [0.717, 1.165) is 29.2 Å². The quantitative estimate of drug-likeness (QED) is 0.804. The van der Waals surface area contributed by atoms with Gasteiger partial charge in [-0.05, 0) is 28.4 Å². The Morgan fingerprint density at radius 2 is 1.84 bits per heavy atom. The Balaban J connectivity index is 2.17. The Morgan fingerprint density at radius 1 is 1.16 bits per heavy atom. The van der Waals surface area contributed by atoms with Gasteiger partial charge in [0, 0.05) is 26.1 Å². The number of anilines is 1. The molecule has 0 bridgehead atoms. The van der Waals surface area contributed by atoms with Crippen molar-refractivity contribution in [1.82, 2.24) is 9.97 Å². The second-order valence-corrected chi connectivity index (χ2v) is 5.47. The normalized spacial score (nSPS) is 10.5. The van der Waals surface area contributed by atoms with Crippen LogP contribution < -0.4 is 4.90 Å². The second kappa shape index (κ2) is 6.15. The maximum Gasteiger partial charge on any atom is 0.133 e. The van der Waals surface area contributed by atoms with Crippen molar-refractivity contribution in [3.63, 3.8) is 0 Å². The molecule has 0 radical (unpaired) electrons. The zero-order chi connectivity index (χ0) is 13.8. The van der Waals surface area contributed by atoms with E-state index in [4.69, 9.17) is 0 Å². The van der Waals surface area contributed by atoms with Crippen LogP contribution in [-0.4, -0.2) is 17.0 Å². The van der Waals surface area contributed by atoms with E-state index in [1.165, 1.54) is 11.1 Å². The summed E-state index contributed by atoms with van der Waals surface area (Å²) in [6.07, 6.45) is 0.838. The van der Waals surface area contributed by atoms with Gasteiger partial charge >= 0.3 is 0 Å². The molecule has 100 valence electrons. The summed E-state index contributed by atoms with van der Waals surface area (Å²) in [5.74, 6) is 1.81. The predicted molar refractivity (Wildman–Crippen MR) is 82.4 cm³/mol. The summed E-state index contributed by atoms with van der Waals surface area (Å²) >= 11 is 3.44. The first-order chi connectivity index (χ1) is 9.08.